The van der Waals surface area contributed by atoms with Crippen LogP contribution < -0.4 is 4.90 Å². The van der Waals surface area contributed by atoms with E-state index in [9.17, 15) is 10.1 Å². The van der Waals surface area contributed by atoms with Crippen LogP contribution in [0, 0.1) is 21.4 Å². The minimum Gasteiger partial charge on any atom is -0.350 e. The maximum atomic E-state index is 11.2. The molecule has 0 aliphatic rings. The van der Waals surface area contributed by atoms with E-state index >= 15 is 0 Å². The fraction of sp³-hybridized carbons (Fsp3) is 0.636. The number of hydrogen-bond acceptors (Lipinski definition) is 5. The van der Waals surface area contributed by atoms with E-state index in [0.717, 1.165) is 0 Å². The summed E-state index contributed by atoms with van der Waals surface area (Å²) in [7, 11) is 3.42. The molecule has 1 aromatic rings. The molecule has 0 saturated heterocycles. The zero-order valence-electron chi connectivity index (χ0n) is 11.0. The minimum absolute atomic E-state index is 0.0345. The van der Waals surface area contributed by atoms with Crippen molar-refractivity contribution in [1.82, 2.24) is 9.78 Å². The quantitative estimate of drug-likeness (QED) is 0.586. The van der Waals surface area contributed by atoms with Crippen LogP contribution in [0.25, 0.3) is 0 Å². The Kier molecular flexibility index (Phi) is 4.26. The summed E-state index contributed by atoms with van der Waals surface area (Å²) < 4.78 is 1.50. The average molecular weight is 251 g/mol. The van der Waals surface area contributed by atoms with Gasteiger partial charge < -0.3 is 4.90 Å². The first-order valence-electron chi connectivity index (χ1n) is 5.74. The van der Waals surface area contributed by atoms with E-state index in [1.807, 2.05) is 13.8 Å². The van der Waals surface area contributed by atoms with E-state index in [2.05, 4.69) is 11.2 Å². The molecule has 0 bridgehead atoms. The Labute approximate surface area is 106 Å². The van der Waals surface area contributed by atoms with Crippen LogP contribution in [0.5, 0.6) is 0 Å². The molecule has 1 rings (SSSR count). The minimum atomic E-state index is -0.406. The van der Waals surface area contributed by atoms with Gasteiger partial charge >= 0.3 is 5.69 Å². The van der Waals surface area contributed by atoms with Crippen molar-refractivity contribution in [3.8, 4) is 6.07 Å². The average Bonchev–Trinajstić information content (AvgIpc) is 2.65. The highest BCUT2D eigenvalue weighted by Crippen LogP contribution is 2.32. The van der Waals surface area contributed by atoms with Gasteiger partial charge in [-0.25, -0.2) is 4.68 Å². The first-order valence-corrected chi connectivity index (χ1v) is 5.74. The van der Waals surface area contributed by atoms with Crippen molar-refractivity contribution in [1.29, 1.82) is 5.26 Å². The molecule has 98 valence electrons. The zero-order valence-corrected chi connectivity index (χ0v) is 11.0. The van der Waals surface area contributed by atoms with Crippen molar-refractivity contribution in [2.24, 2.45) is 7.05 Å². The van der Waals surface area contributed by atoms with E-state index in [-0.39, 0.29) is 11.7 Å². The van der Waals surface area contributed by atoms with E-state index in [0.29, 0.717) is 24.4 Å². The Morgan fingerprint density at radius 2 is 2.28 bits per heavy atom. The number of nitrogens with zero attached hydrogens (tertiary/aromatic N) is 5. The standard InChI is InChI=1S/C11H17N5O2/c1-5-9-10(16(17)18)11(15(4)13-9)14(3)8(2)6-7-12/h8H,5-6H2,1-4H3. The van der Waals surface area contributed by atoms with Crippen molar-refractivity contribution in [3.05, 3.63) is 15.8 Å². The molecule has 1 aromatic heterocycles. The Balaban J connectivity index is 3.27. The third-order valence-corrected chi connectivity index (χ3v) is 2.96. The topological polar surface area (TPSA) is 88.0 Å². The largest absolute Gasteiger partial charge is 0.350 e. The van der Waals surface area contributed by atoms with Gasteiger partial charge in [0.2, 0.25) is 5.82 Å². The normalized spacial score (nSPS) is 11.9. The molecule has 18 heavy (non-hydrogen) atoms. The number of hydrogen-bond donors (Lipinski definition) is 0. The van der Waals surface area contributed by atoms with Crippen molar-refractivity contribution in [2.75, 3.05) is 11.9 Å². The molecule has 0 aromatic carbocycles. The highest BCUT2D eigenvalue weighted by Gasteiger charge is 2.29. The second kappa shape index (κ2) is 5.49. The van der Waals surface area contributed by atoms with Gasteiger partial charge in [0, 0.05) is 20.1 Å². The second-order valence-corrected chi connectivity index (χ2v) is 4.18. The lowest BCUT2D eigenvalue weighted by molar-refractivity contribution is -0.384. The maximum Gasteiger partial charge on any atom is 0.334 e. The van der Waals surface area contributed by atoms with Gasteiger partial charge in [-0.05, 0) is 13.3 Å². The summed E-state index contributed by atoms with van der Waals surface area (Å²) in [6.45, 7) is 3.68. The molecule has 0 aliphatic carbocycles. The van der Waals surface area contributed by atoms with Gasteiger partial charge in [0.15, 0.2) is 0 Å². The lowest BCUT2D eigenvalue weighted by Gasteiger charge is -2.23. The van der Waals surface area contributed by atoms with Crippen LogP contribution in [-0.2, 0) is 13.5 Å². The van der Waals surface area contributed by atoms with Gasteiger partial charge in [-0.15, -0.1) is 0 Å². The van der Waals surface area contributed by atoms with Gasteiger partial charge in [-0.1, -0.05) is 6.92 Å². The molecule has 0 N–H and O–H groups in total. The SMILES string of the molecule is CCc1nn(C)c(N(C)C(C)CC#N)c1[N+](=O)[O-]. The molecular weight excluding hydrogens is 234 g/mol. The van der Waals surface area contributed by atoms with Crippen LogP contribution in [0.3, 0.4) is 0 Å². The van der Waals surface area contributed by atoms with Crippen LogP contribution >= 0.6 is 0 Å². The first-order chi connectivity index (χ1) is 8.43. The predicted octanol–water partition coefficient (Wildman–Crippen LogP) is 1.63. The molecule has 0 radical (unpaired) electrons. The smallest absolute Gasteiger partial charge is 0.334 e. The van der Waals surface area contributed by atoms with Crippen molar-refractivity contribution < 1.29 is 4.92 Å². The van der Waals surface area contributed by atoms with E-state index in [4.69, 9.17) is 5.26 Å². The zero-order chi connectivity index (χ0) is 13.9. The molecule has 0 spiro atoms. The molecular formula is C11H17N5O2. The Bertz CT molecular complexity index is 488. The van der Waals surface area contributed by atoms with Crippen molar-refractivity contribution in [2.45, 2.75) is 32.7 Å². The van der Waals surface area contributed by atoms with Crippen LogP contribution in [0.2, 0.25) is 0 Å². The highest BCUT2D eigenvalue weighted by molar-refractivity contribution is 5.61. The van der Waals surface area contributed by atoms with Crippen LogP contribution in [-0.4, -0.2) is 27.8 Å². The number of aryl methyl sites for hydroxylation is 2. The van der Waals surface area contributed by atoms with E-state index in [1.165, 1.54) is 4.68 Å². The molecule has 7 heteroatoms. The Hall–Kier alpha value is -2.10. The molecule has 1 heterocycles. The summed E-state index contributed by atoms with van der Waals surface area (Å²) in [5.41, 5.74) is 0.501. The molecule has 0 amide bonds. The van der Waals surface area contributed by atoms with Gasteiger partial charge in [0.1, 0.15) is 5.69 Å². The summed E-state index contributed by atoms with van der Waals surface area (Å²) >= 11 is 0. The highest BCUT2D eigenvalue weighted by atomic mass is 16.6. The first kappa shape index (κ1) is 14.0. The summed E-state index contributed by atoms with van der Waals surface area (Å²) in [4.78, 5) is 12.5. The maximum absolute atomic E-state index is 11.2. The molecule has 1 unspecified atom stereocenters. The van der Waals surface area contributed by atoms with Gasteiger partial charge in [0.05, 0.1) is 17.4 Å². The molecule has 7 nitrogen and oxygen atoms in total. The number of anilines is 1. The second-order valence-electron chi connectivity index (χ2n) is 4.18. The van der Waals surface area contributed by atoms with Crippen molar-refractivity contribution >= 4 is 11.5 Å². The number of aromatic nitrogens is 2. The summed E-state index contributed by atoms with van der Waals surface area (Å²) in [5.74, 6) is 0.444. The monoisotopic (exact) mass is 251 g/mol. The third-order valence-electron chi connectivity index (χ3n) is 2.96. The Morgan fingerprint density at radius 1 is 1.67 bits per heavy atom. The van der Waals surface area contributed by atoms with E-state index in [1.54, 1.807) is 19.0 Å². The molecule has 0 saturated carbocycles. The Morgan fingerprint density at radius 3 is 2.72 bits per heavy atom. The lowest BCUT2D eigenvalue weighted by atomic mass is 10.2. The van der Waals surface area contributed by atoms with E-state index < -0.39 is 4.92 Å². The third kappa shape index (κ3) is 2.42. The van der Waals surface area contributed by atoms with Crippen LogP contribution in [0.15, 0.2) is 0 Å². The molecule has 0 aliphatic heterocycles. The number of nitriles is 1. The van der Waals surface area contributed by atoms with Gasteiger partial charge in [0.25, 0.3) is 0 Å². The number of rotatable bonds is 5. The molecule has 1 atom stereocenters. The van der Waals surface area contributed by atoms with Crippen molar-refractivity contribution in [3.63, 3.8) is 0 Å². The molecule has 0 fully saturated rings. The lowest BCUT2D eigenvalue weighted by Crippen LogP contribution is -2.30. The predicted molar refractivity (Wildman–Crippen MR) is 67.3 cm³/mol. The van der Waals surface area contributed by atoms with Gasteiger partial charge in [-0.2, -0.15) is 10.4 Å². The van der Waals surface area contributed by atoms with Crippen LogP contribution in [0.4, 0.5) is 11.5 Å². The van der Waals surface area contributed by atoms with Gasteiger partial charge in [-0.3, -0.25) is 10.1 Å². The fourth-order valence-electron chi connectivity index (χ4n) is 1.86. The number of nitro groups is 1. The van der Waals surface area contributed by atoms with Crippen LogP contribution in [0.1, 0.15) is 26.0 Å². The fourth-order valence-corrected chi connectivity index (χ4v) is 1.86. The summed E-state index contributed by atoms with van der Waals surface area (Å²) in [6, 6.07) is 1.96. The summed E-state index contributed by atoms with van der Waals surface area (Å²) in [5, 5.41) is 24.0. The summed E-state index contributed by atoms with van der Waals surface area (Å²) in [6.07, 6.45) is 0.810.